The Morgan fingerprint density at radius 3 is 2.54 bits per heavy atom. The largest absolute Gasteiger partial charge is 0.480 e. The van der Waals surface area contributed by atoms with Gasteiger partial charge >= 0.3 is 5.97 Å². The van der Waals surface area contributed by atoms with Crippen LogP contribution in [0.5, 0.6) is 0 Å². The fraction of sp³-hybridized carbons (Fsp3) is 0.684. The minimum Gasteiger partial charge on any atom is -0.480 e. The number of hydrogen-bond acceptors (Lipinski definition) is 5. The van der Waals surface area contributed by atoms with Gasteiger partial charge in [0, 0.05) is 38.3 Å². The van der Waals surface area contributed by atoms with Crippen LogP contribution in [0.2, 0.25) is 0 Å². The zero-order chi connectivity index (χ0) is 18.9. The van der Waals surface area contributed by atoms with Gasteiger partial charge in [-0.05, 0) is 38.0 Å². The van der Waals surface area contributed by atoms with Gasteiger partial charge in [-0.2, -0.15) is 0 Å². The van der Waals surface area contributed by atoms with E-state index >= 15 is 0 Å². The van der Waals surface area contributed by atoms with Gasteiger partial charge in [-0.15, -0.1) is 0 Å². The summed E-state index contributed by atoms with van der Waals surface area (Å²) in [7, 11) is 0. The molecule has 2 fully saturated rings. The van der Waals surface area contributed by atoms with E-state index in [4.69, 9.17) is 0 Å². The number of carboxylic acid groups (broad SMARTS) is 1. The Labute approximate surface area is 154 Å². The fourth-order valence-corrected chi connectivity index (χ4v) is 4.34. The molecule has 2 saturated heterocycles. The van der Waals surface area contributed by atoms with Crippen molar-refractivity contribution in [3.8, 4) is 0 Å². The lowest BCUT2D eigenvalue weighted by Gasteiger charge is -2.39. The second-order valence-electron chi connectivity index (χ2n) is 7.71. The third kappa shape index (κ3) is 3.66. The Balaban J connectivity index is 1.71. The number of carboxylic acids is 1. The highest BCUT2D eigenvalue weighted by Crippen LogP contribution is 2.44. The van der Waals surface area contributed by atoms with Crippen molar-refractivity contribution in [2.24, 2.45) is 5.41 Å². The van der Waals surface area contributed by atoms with Crippen LogP contribution in [0.1, 0.15) is 51.0 Å². The highest BCUT2D eigenvalue weighted by Gasteiger charge is 2.49. The molecule has 1 aromatic heterocycles. The molecule has 1 amide bonds. The fourth-order valence-electron chi connectivity index (χ4n) is 4.34. The Morgan fingerprint density at radius 1 is 1.31 bits per heavy atom. The first-order valence-electron chi connectivity index (χ1n) is 9.43. The van der Waals surface area contributed by atoms with Crippen LogP contribution in [-0.4, -0.2) is 57.5 Å². The molecule has 7 heteroatoms. The molecule has 1 unspecified atom stereocenters. The number of amides is 1. The van der Waals surface area contributed by atoms with E-state index in [0.717, 1.165) is 56.1 Å². The maximum atomic E-state index is 11.8. The molecule has 1 atom stereocenters. The molecule has 3 heterocycles. The van der Waals surface area contributed by atoms with Gasteiger partial charge in [0.05, 0.1) is 0 Å². The van der Waals surface area contributed by atoms with Crippen LogP contribution in [0.3, 0.4) is 0 Å². The SMILES string of the molecule is CCCc1cc(N2CCC3(CC2)CC(C(=O)O)N(C(C)=O)C3)nc(C)n1. The molecule has 26 heavy (non-hydrogen) atoms. The summed E-state index contributed by atoms with van der Waals surface area (Å²) >= 11 is 0. The lowest BCUT2D eigenvalue weighted by atomic mass is 9.76. The van der Waals surface area contributed by atoms with Crippen molar-refractivity contribution in [3.05, 3.63) is 17.6 Å². The number of aryl methyl sites for hydroxylation is 2. The number of carbonyl (C=O) groups is 2. The maximum absolute atomic E-state index is 11.8. The normalized spacial score (nSPS) is 22.0. The second-order valence-corrected chi connectivity index (χ2v) is 7.71. The van der Waals surface area contributed by atoms with Gasteiger partial charge in [-0.3, -0.25) is 4.79 Å². The summed E-state index contributed by atoms with van der Waals surface area (Å²) in [5.74, 6) is 0.718. The smallest absolute Gasteiger partial charge is 0.326 e. The first-order valence-corrected chi connectivity index (χ1v) is 9.43. The number of piperidine rings is 1. The second kappa shape index (κ2) is 7.21. The third-order valence-corrected chi connectivity index (χ3v) is 5.73. The van der Waals surface area contributed by atoms with Crippen LogP contribution in [0.4, 0.5) is 5.82 Å². The first-order chi connectivity index (χ1) is 12.3. The number of hydrogen-bond donors (Lipinski definition) is 1. The van der Waals surface area contributed by atoms with Crippen molar-refractivity contribution in [1.82, 2.24) is 14.9 Å². The van der Waals surface area contributed by atoms with Crippen LogP contribution in [-0.2, 0) is 16.0 Å². The summed E-state index contributed by atoms with van der Waals surface area (Å²) in [5, 5.41) is 9.47. The molecular weight excluding hydrogens is 332 g/mol. The maximum Gasteiger partial charge on any atom is 0.326 e. The molecule has 0 aliphatic carbocycles. The molecule has 1 aromatic rings. The Hall–Kier alpha value is -2.18. The third-order valence-electron chi connectivity index (χ3n) is 5.73. The zero-order valence-electron chi connectivity index (χ0n) is 15.9. The molecular formula is C19H28N4O3. The van der Waals surface area contributed by atoms with Crippen LogP contribution in [0.25, 0.3) is 0 Å². The first kappa shape index (κ1) is 18.6. The van der Waals surface area contributed by atoms with Gasteiger partial charge in [-0.25, -0.2) is 14.8 Å². The van der Waals surface area contributed by atoms with Crippen molar-refractivity contribution < 1.29 is 14.7 Å². The van der Waals surface area contributed by atoms with E-state index in [-0.39, 0.29) is 11.3 Å². The summed E-state index contributed by atoms with van der Waals surface area (Å²) in [6.45, 7) is 7.75. The van der Waals surface area contributed by atoms with E-state index < -0.39 is 12.0 Å². The summed E-state index contributed by atoms with van der Waals surface area (Å²) in [4.78, 5) is 36.3. The average molecular weight is 360 g/mol. The molecule has 3 rings (SSSR count). The van der Waals surface area contributed by atoms with Crippen LogP contribution in [0.15, 0.2) is 6.07 Å². The van der Waals surface area contributed by atoms with E-state index in [1.54, 1.807) is 0 Å². The average Bonchev–Trinajstić information content (AvgIpc) is 2.95. The summed E-state index contributed by atoms with van der Waals surface area (Å²) in [5.41, 5.74) is 0.990. The minimum absolute atomic E-state index is 0.0838. The number of nitrogens with zero attached hydrogens (tertiary/aromatic N) is 4. The zero-order valence-corrected chi connectivity index (χ0v) is 15.9. The molecule has 7 nitrogen and oxygen atoms in total. The molecule has 0 bridgehead atoms. The molecule has 1 N–H and O–H groups in total. The summed E-state index contributed by atoms with van der Waals surface area (Å²) in [6, 6.07) is 1.39. The molecule has 142 valence electrons. The number of anilines is 1. The van der Waals surface area contributed by atoms with Gasteiger partial charge in [0.2, 0.25) is 5.91 Å². The summed E-state index contributed by atoms with van der Waals surface area (Å²) in [6.07, 6.45) is 4.32. The van der Waals surface area contributed by atoms with Gasteiger partial charge in [0.25, 0.3) is 0 Å². The lowest BCUT2D eigenvalue weighted by molar-refractivity contribution is -0.147. The highest BCUT2D eigenvalue weighted by atomic mass is 16.4. The van der Waals surface area contributed by atoms with Crippen LogP contribution < -0.4 is 4.90 Å². The van der Waals surface area contributed by atoms with E-state index in [2.05, 4.69) is 27.9 Å². The number of likely N-dealkylation sites (tertiary alicyclic amines) is 1. The number of aliphatic carboxylic acids is 1. The van der Waals surface area contributed by atoms with Crippen molar-refractivity contribution in [3.63, 3.8) is 0 Å². The Bertz CT molecular complexity index is 674. The van der Waals surface area contributed by atoms with E-state index in [9.17, 15) is 14.7 Å². The predicted molar refractivity (Wildman–Crippen MR) is 98.1 cm³/mol. The highest BCUT2D eigenvalue weighted by molar-refractivity contribution is 5.83. The Morgan fingerprint density at radius 2 is 2.00 bits per heavy atom. The van der Waals surface area contributed by atoms with Crippen LogP contribution in [0, 0.1) is 12.3 Å². The standard InChI is InChI=1S/C19H28N4O3/c1-4-5-15-10-17(21-13(2)20-15)22-8-6-19(7-9-22)11-16(18(25)26)23(12-19)14(3)24/h10,16H,4-9,11-12H2,1-3H3,(H,25,26). The number of carbonyl (C=O) groups excluding carboxylic acids is 1. The molecule has 0 aromatic carbocycles. The van der Waals surface area contributed by atoms with Crippen molar-refractivity contribution in [1.29, 1.82) is 0 Å². The summed E-state index contributed by atoms with van der Waals surface area (Å²) < 4.78 is 0. The lowest BCUT2D eigenvalue weighted by Crippen LogP contribution is -2.42. The van der Waals surface area contributed by atoms with Gasteiger partial charge in [0.1, 0.15) is 17.7 Å². The van der Waals surface area contributed by atoms with E-state index in [0.29, 0.717) is 13.0 Å². The van der Waals surface area contributed by atoms with Gasteiger partial charge in [-0.1, -0.05) is 13.3 Å². The van der Waals surface area contributed by atoms with Crippen molar-refractivity contribution in [2.45, 2.75) is 58.9 Å². The van der Waals surface area contributed by atoms with Gasteiger partial charge in [0.15, 0.2) is 0 Å². The molecule has 0 saturated carbocycles. The molecule has 1 spiro atoms. The number of rotatable bonds is 4. The van der Waals surface area contributed by atoms with Crippen molar-refractivity contribution >= 4 is 17.7 Å². The van der Waals surface area contributed by atoms with E-state index in [1.807, 2.05) is 6.92 Å². The predicted octanol–water partition coefficient (Wildman–Crippen LogP) is 2.03. The molecule has 2 aliphatic rings. The Kier molecular flexibility index (Phi) is 5.16. The monoisotopic (exact) mass is 360 g/mol. The molecule has 2 aliphatic heterocycles. The van der Waals surface area contributed by atoms with Crippen LogP contribution >= 0.6 is 0 Å². The minimum atomic E-state index is -0.893. The van der Waals surface area contributed by atoms with Crippen molar-refractivity contribution in [2.75, 3.05) is 24.5 Å². The topological polar surface area (TPSA) is 86.6 Å². The van der Waals surface area contributed by atoms with Gasteiger partial charge < -0.3 is 14.9 Å². The van der Waals surface area contributed by atoms with E-state index in [1.165, 1.54) is 11.8 Å². The molecule has 0 radical (unpaired) electrons. The quantitative estimate of drug-likeness (QED) is 0.884. The number of aromatic nitrogens is 2.